The molecule has 2 heterocycles. The van der Waals surface area contributed by atoms with Crippen LogP contribution < -0.4 is 10.9 Å². The van der Waals surface area contributed by atoms with E-state index in [0.717, 1.165) is 35.1 Å². The van der Waals surface area contributed by atoms with Crippen molar-refractivity contribution in [2.75, 3.05) is 13.1 Å². The van der Waals surface area contributed by atoms with Gasteiger partial charge in [0.05, 0.1) is 4.91 Å². The number of unbranched alkanes of at least 4 members (excludes halogenated alkanes) is 1. The van der Waals surface area contributed by atoms with E-state index in [4.69, 9.17) is 11.6 Å². The first-order valence-electron chi connectivity index (χ1n) is 9.76. The molecule has 8 nitrogen and oxygen atoms in total. The Morgan fingerprint density at radius 1 is 1.13 bits per heavy atom. The molecule has 1 aromatic carbocycles. The maximum absolute atomic E-state index is 12.5. The molecule has 0 spiro atoms. The SMILES string of the molecule is CCCCn1nc(C(=O)NCCN2C(=O)SC(=Cc3ccc(Cl)cc3)C2=O)ccc1=O. The lowest BCUT2D eigenvalue weighted by Gasteiger charge is -2.13. The first kappa shape index (κ1) is 22.8. The zero-order valence-corrected chi connectivity index (χ0v) is 18.4. The van der Waals surface area contributed by atoms with Crippen molar-refractivity contribution in [3.8, 4) is 0 Å². The standard InChI is InChI=1S/C21H21ClN4O4S/c1-2-3-11-26-18(27)9-8-16(24-26)19(28)23-10-12-25-20(29)17(31-21(25)30)13-14-4-6-15(22)7-5-14/h4-9,13H,2-3,10-12H2,1H3,(H,23,28). The van der Waals surface area contributed by atoms with Crippen molar-refractivity contribution in [3.63, 3.8) is 0 Å². The van der Waals surface area contributed by atoms with Gasteiger partial charge >= 0.3 is 0 Å². The molecule has 0 saturated carbocycles. The average Bonchev–Trinajstić information content (AvgIpc) is 3.02. The molecule has 1 aliphatic rings. The Bertz CT molecular complexity index is 1080. The molecular formula is C21H21ClN4O4S. The fourth-order valence-electron chi connectivity index (χ4n) is 2.81. The van der Waals surface area contributed by atoms with Crippen molar-refractivity contribution in [1.82, 2.24) is 20.0 Å². The van der Waals surface area contributed by atoms with E-state index in [1.807, 2.05) is 6.92 Å². The monoisotopic (exact) mass is 460 g/mol. The number of amides is 3. The molecular weight excluding hydrogens is 440 g/mol. The molecule has 0 atom stereocenters. The number of thioether (sulfide) groups is 1. The number of imide groups is 1. The smallest absolute Gasteiger partial charge is 0.293 e. The fourth-order valence-corrected chi connectivity index (χ4v) is 3.80. The first-order valence-corrected chi connectivity index (χ1v) is 11.0. The van der Waals surface area contributed by atoms with Crippen molar-refractivity contribution < 1.29 is 14.4 Å². The number of carbonyl (C=O) groups is 3. The predicted molar refractivity (Wildman–Crippen MR) is 120 cm³/mol. The molecule has 3 rings (SSSR count). The molecule has 10 heteroatoms. The maximum atomic E-state index is 12.5. The number of hydrogen-bond acceptors (Lipinski definition) is 6. The number of benzene rings is 1. The second-order valence-electron chi connectivity index (χ2n) is 6.77. The first-order chi connectivity index (χ1) is 14.9. The van der Waals surface area contributed by atoms with Crippen molar-refractivity contribution >= 4 is 46.5 Å². The van der Waals surface area contributed by atoms with Crippen LogP contribution in [0.3, 0.4) is 0 Å². The van der Waals surface area contributed by atoms with Gasteiger partial charge in [-0.25, -0.2) is 4.68 Å². The van der Waals surface area contributed by atoms with Gasteiger partial charge in [0.15, 0.2) is 0 Å². The highest BCUT2D eigenvalue weighted by Crippen LogP contribution is 2.32. The van der Waals surface area contributed by atoms with Crippen molar-refractivity contribution in [3.05, 3.63) is 67.9 Å². The van der Waals surface area contributed by atoms with Crippen LogP contribution in [0.4, 0.5) is 4.79 Å². The summed E-state index contributed by atoms with van der Waals surface area (Å²) >= 11 is 6.71. The van der Waals surface area contributed by atoms with Gasteiger partial charge in [0.25, 0.3) is 22.6 Å². The van der Waals surface area contributed by atoms with Gasteiger partial charge in [-0.1, -0.05) is 37.1 Å². The maximum Gasteiger partial charge on any atom is 0.293 e. The normalized spacial score (nSPS) is 15.0. The zero-order chi connectivity index (χ0) is 22.4. The van der Waals surface area contributed by atoms with Gasteiger partial charge in [0.1, 0.15) is 5.69 Å². The van der Waals surface area contributed by atoms with Gasteiger partial charge in [-0.05, 0) is 48.0 Å². The average molecular weight is 461 g/mol. The second kappa shape index (κ2) is 10.4. The Morgan fingerprint density at radius 2 is 1.87 bits per heavy atom. The number of rotatable bonds is 8. The summed E-state index contributed by atoms with van der Waals surface area (Å²) in [6.07, 6.45) is 3.30. The summed E-state index contributed by atoms with van der Waals surface area (Å²) in [5, 5.41) is 6.89. The minimum absolute atomic E-state index is 0.0316. The van der Waals surface area contributed by atoms with E-state index >= 15 is 0 Å². The lowest BCUT2D eigenvalue weighted by Crippen LogP contribution is -2.38. The molecule has 1 fully saturated rings. The van der Waals surface area contributed by atoms with Crippen LogP contribution >= 0.6 is 23.4 Å². The lowest BCUT2D eigenvalue weighted by molar-refractivity contribution is -0.122. The third kappa shape index (κ3) is 5.83. The molecule has 31 heavy (non-hydrogen) atoms. The van der Waals surface area contributed by atoms with E-state index in [0.29, 0.717) is 16.5 Å². The highest BCUT2D eigenvalue weighted by molar-refractivity contribution is 8.18. The summed E-state index contributed by atoms with van der Waals surface area (Å²) in [7, 11) is 0. The van der Waals surface area contributed by atoms with E-state index in [-0.39, 0.29) is 24.3 Å². The van der Waals surface area contributed by atoms with Crippen LogP contribution in [0.25, 0.3) is 6.08 Å². The summed E-state index contributed by atoms with van der Waals surface area (Å²) in [6.45, 7) is 2.54. The summed E-state index contributed by atoms with van der Waals surface area (Å²) < 4.78 is 1.26. The van der Waals surface area contributed by atoms with Gasteiger partial charge in [0.2, 0.25) is 0 Å². The highest BCUT2D eigenvalue weighted by atomic mass is 35.5. The second-order valence-corrected chi connectivity index (χ2v) is 8.20. The third-order valence-electron chi connectivity index (χ3n) is 4.49. The van der Waals surface area contributed by atoms with Crippen LogP contribution in [-0.4, -0.2) is 44.8 Å². The summed E-state index contributed by atoms with van der Waals surface area (Å²) in [5.41, 5.74) is 0.593. The molecule has 1 N–H and O–H groups in total. The quantitative estimate of drug-likeness (QED) is 0.607. The van der Waals surface area contributed by atoms with Gasteiger partial charge in [-0.3, -0.25) is 24.1 Å². The fraction of sp³-hybridized carbons (Fsp3) is 0.286. The van der Waals surface area contributed by atoms with Crippen molar-refractivity contribution in [2.45, 2.75) is 26.3 Å². The molecule has 3 amide bonds. The molecule has 2 aromatic rings. The Hall–Kier alpha value is -2.91. The molecule has 0 aliphatic carbocycles. The van der Waals surface area contributed by atoms with Gasteiger partial charge in [0, 0.05) is 30.7 Å². The van der Waals surface area contributed by atoms with E-state index in [2.05, 4.69) is 10.4 Å². The van der Waals surface area contributed by atoms with Crippen molar-refractivity contribution in [2.24, 2.45) is 0 Å². The zero-order valence-electron chi connectivity index (χ0n) is 16.8. The van der Waals surface area contributed by atoms with E-state index < -0.39 is 17.1 Å². The van der Waals surface area contributed by atoms with Gasteiger partial charge in [-0.2, -0.15) is 5.10 Å². The largest absolute Gasteiger partial charge is 0.349 e. The number of hydrogen-bond donors (Lipinski definition) is 1. The summed E-state index contributed by atoms with van der Waals surface area (Å²) in [4.78, 5) is 50.3. The number of aryl methyl sites for hydroxylation is 1. The Morgan fingerprint density at radius 3 is 2.58 bits per heavy atom. The molecule has 0 radical (unpaired) electrons. The molecule has 1 aliphatic heterocycles. The Balaban J connectivity index is 1.58. The topological polar surface area (TPSA) is 101 Å². The van der Waals surface area contributed by atoms with Crippen molar-refractivity contribution in [1.29, 1.82) is 0 Å². The predicted octanol–water partition coefficient (Wildman–Crippen LogP) is 3.16. The lowest BCUT2D eigenvalue weighted by atomic mass is 10.2. The minimum atomic E-state index is -0.478. The number of aromatic nitrogens is 2. The minimum Gasteiger partial charge on any atom is -0.349 e. The van der Waals surface area contributed by atoms with E-state index in [1.54, 1.807) is 30.3 Å². The third-order valence-corrected chi connectivity index (χ3v) is 5.64. The van der Waals surface area contributed by atoms with Gasteiger partial charge in [-0.15, -0.1) is 0 Å². The van der Waals surface area contributed by atoms with Gasteiger partial charge < -0.3 is 5.32 Å². The van der Waals surface area contributed by atoms with Crippen LogP contribution in [0.5, 0.6) is 0 Å². The summed E-state index contributed by atoms with van der Waals surface area (Å²) in [6, 6.07) is 9.57. The molecule has 1 aromatic heterocycles. The molecule has 1 saturated heterocycles. The number of nitrogens with one attached hydrogen (secondary N) is 1. The number of nitrogens with zero attached hydrogens (tertiary/aromatic N) is 3. The molecule has 0 unspecified atom stereocenters. The highest BCUT2D eigenvalue weighted by Gasteiger charge is 2.34. The number of halogens is 1. The molecule has 162 valence electrons. The van der Waals surface area contributed by atoms with Crippen LogP contribution in [0, 0.1) is 0 Å². The van der Waals surface area contributed by atoms with E-state index in [1.165, 1.54) is 16.8 Å². The molecule has 0 bridgehead atoms. The Labute approximate surface area is 188 Å². The van der Waals surface area contributed by atoms with Crippen LogP contribution in [0.2, 0.25) is 5.02 Å². The number of carbonyl (C=O) groups excluding carboxylic acids is 3. The van der Waals surface area contributed by atoms with E-state index in [9.17, 15) is 19.2 Å². The van der Waals surface area contributed by atoms with Crippen LogP contribution in [-0.2, 0) is 11.3 Å². The summed E-state index contributed by atoms with van der Waals surface area (Å²) in [5.74, 6) is -0.889. The van der Waals surface area contributed by atoms with Crippen LogP contribution in [0.15, 0.2) is 46.1 Å². The van der Waals surface area contributed by atoms with Crippen LogP contribution in [0.1, 0.15) is 35.8 Å². The Kier molecular flexibility index (Phi) is 7.64.